The third kappa shape index (κ3) is 2.26. The van der Waals surface area contributed by atoms with Gasteiger partial charge in [0.2, 0.25) is 0 Å². The highest BCUT2D eigenvalue weighted by molar-refractivity contribution is 5.48. The average Bonchev–Trinajstić information content (AvgIpc) is 2.52. The molecule has 4 nitrogen and oxygen atoms in total. The minimum absolute atomic E-state index is 0.307. The van der Waals surface area contributed by atoms with Crippen LogP contribution < -0.4 is 9.47 Å². The molecule has 1 aromatic rings. The van der Waals surface area contributed by atoms with Crippen LogP contribution in [0.4, 0.5) is 0 Å². The Bertz CT molecular complexity index is 562. The Balaban J connectivity index is 1.87. The normalized spacial score (nSPS) is 22.1. The summed E-state index contributed by atoms with van der Waals surface area (Å²) in [6.45, 7) is 1.65. The minimum atomic E-state index is -0.378. The Hall–Kier alpha value is -1.73. The van der Waals surface area contributed by atoms with Crippen LogP contribution in [0.3, 0.4) is 0 Å². The first-order valence-electron chi connectivity index (χ1n) is 7.39. The molecule has 2 aliphatic rings. The Kier molecular flexibility index (Phi) is 3.54. The fourth-order valence-corrected chi connectivity index (χ4v) is 3.87. The highest BCUT2D eigenvalue weighted by Gasteiger charge is 2.56. The number of hydrogen-bond donors (Lipinski definition) is 0. The summed E-state index contributed by atoms with van der Waals surface area (Å²) in [5.74, 6) is 1.40. The van der Waals surface area contributed by atoms with Crippen LogP contribution in [0.15, 0.2) is 18.2 Å². The van der Waals surface area contributed by atoms with E-state index in [9.17, 15) is 5.26 Å². The van der Waals surface area contributed by atoms with Crippen LogP contribution in [0.1, 0.15) is 31.2 Å². The molecule has 112 valence electrons. The van der Waals surface area contributed by atoms with E-state index < -0.39 is 0 Å². The topological polar surface area (TPSA) is 51.5 Å². The molecule has 2 fully saturated rings. The van der Waals surface area contributed by atoms with Gasteiger partial charge in [0, 0.05) is 13.2 Å². The minimum Gasteiger partial charge on any atom is -0.493 e. The van der Waals surface area contributed by atoms with E-state index in [1.165, 1.54) is 0 Å². The summed E-state index contributed by atoms with van der Waals surface area (Å²) in [7, 11) is 3.25. The molecule has 3 rings (SSSR count). The summed E-state index contributed by atoms with van der Waals surface area (Å²) >= 11 is 0. The molecule has 21 heavy (non-hydrogen) atoms. The second kappa shape index (κ2) is 5.23. The fourth-order valence-electron chi connectivity index (χ4n) is 3.87. The van der Waals surface area contributed by atoms with Crippen molar-refractivity contribution in [3.05, 3.63) is 23.8 Å². The predicted octanol–water partition coefficient (Wildman–Crippen LogP) is 3.06. The van der Waals surface area contributed by atoms with Crippen molar-refractivity contribution in [1.29, 1.82) is 5.26 Å². The quantitative estimate of drug-likeness (QED) is 0.857. The zero-order valence-corrected chi connectivity index (χ0v) is 12.6. The van der Waals surface area contributed by atoms with Crippen molar-refractivity contribution in [3.8, 4) is 17.6 Å². The second-order valence-electron chi connectivity index (χ2n) is 6.23. The number of hydrogen-bond acceptors (Lipinski definition) is 4. The maximum Gasteiger partial charge on any atom is 0.161 e. The average molecular weight is 287 g/mol. The molecule has 0 bridgehead atoms. The number of ether oxygens (including phenoxy) is 3. The van der Waals surface area contributed by atoms with Crippen molar-refractivity contribution < 1.29 is 14.2 Å². The number of benzene rings is 1. The molecule has 1 saturated heterocycles. The van der Waals surface area contributed by atoms with E-state index in [1.807, 2.05) is 18.2 Å². The Morgan fingerprint density at radius 3 is 2.33 bits per heavy atom. The monoisotopic (exact) mass is 287 g/mol. The van der Waals surface area contributed by atoms with E-state index in [2.05, 4.69) is 6.07 Å². The summed E-state index contributed by atoms with van der Waals surface area (Å²) in [6.07, 6.45) is 4.00. The summed E-state index contributed by atoms with van der Waals surface area (Å²) in [6, 6.07) is 8.39. The van der Waals surface area contributed by atoms with Crippen molar-refractivity contribution in [1.82, 2.24) is 0 Å². The third-order valence-electron chi connectivity index (χ3n) is 5.06. The lowest BCUT2D eigenvalue weighted by Crippen LogP contribution is -2.51. The van der Waals surface area contributed by atoms with Crippen molar-refractivity contribution in [2.75, 3.05) is 27.4 Å². The highest BCUT2D eigenvalue weighted by atomic mass is 16.5. The first kappa shape index (κ1) is 14.2. The first-order valence-corrected chi connectivity index (χ1v) is 7.39. The maximum absolute atomic E-state index is 9.74. The lowest BCUT2D eigenvalue weighted by Gasteiger charge is -2.55. The van der Waals surface area contributed by atoms with Gasteiger partial charge in [-0.25, -0.2) is 0 Å². The Morgan fingerprint density at radius 2 is 1.76 bits per heavy atom. The van der Waals surface area contributed by atoms with Crippen LogP contribution in [0.5, 0.6) is 11.5 Å². The van der Waals surface area contributed by atoms with Gasteiger partial charge in [0.1, 0.15) is 0 Å². The van der Waals surface area contributed by atoms with Crippen molar-refractivity contribution in [3.63, 3.8) is 0 Å². The molecule has 1 spiro atoms. The summed E-state index contributed by atoms with van der Waals surface area (Å²) in [4.78, 5) is 0. The van der Waals surface area contributed by atoms with Gasteiger partial charge in [-0.1, -0.05) is 6.07 Å². The molecule has 0 amide bonds. The number of nitriles is 1. The first-order chi connectivity index (χ1) is 10.2. The molecule has 0 N–H and O–H groups in total. The van der Waals surface area contributed by atoms with E-state index in [0.29, 0.717) is 16.9 Å². The third-order valence-corrected chi connectivity index (χ3v) is 5.06. The standard InChI is InChI=1S/C17H21NO3/c1-19-14-4-3-13(9-15(14)20-2)17(12-18)10-16(11-17)5-7-21-8-6-16/h3-4,9H,5-8,10-11H2,1-2H3. The molecule has 0 unspecified atom stereocenters. The molecular formula is C17H21NO3. The maximum atomic E-state index is 9.74. The molecule has 0 aromatic heterocycles. The van der Waals surface area contributed by atoms with Crippen LogP contribution in [0.25, 0.3) is 0 Å². The van der Waals surface area contributed by atoms with Gasteiger partial charge in [0.05, 0.1) is 25.7 Å². The van der Waals surface area contributed by atoms with Gasteiger partial charge in [-0.2, -0.15) is 5.26 Å². The molecule has 1 aromatic carbocycles. The lowest BCUT2D eigenvalue weighted by atomic mass is 9.48. The van der Waals surface area contributed by atoms with Crippen molar-refractivity contribution in [2.45, 2.75) is 31.1 Å². The van der Waals surface area contributed by atoms with Crippen LogP contribution in [0, 0.1) is 16.7 Å². The summed E-state index contributed by atoms with van der Waals surface area (Å²) in [5, 5.41) is 9.74. The highest BCUT2D eigenvalue weighted by Crippen LogP contribution is 2.60. The molecule has 1 saturated carbocycles. The zero-order chi connectivity index (χ0) is 14.9. The largest absolute Gasteiger partial charge is 0.493 e. The smallest absolute Gasteiger partial charge is 0.161 e. The predicted molar refractivity (Wildman–Crippen MR) is 78.6 cm³/mol. The molecule has 1 heterocycles. The molecule has 1 aliphatic carbocycles. The van der Waals surface area contributed by atoms with E-state index >= 15 is 0 Å². The van der Waals surface area contributed by atoms with E-state index in [0.717, 1.165) is 44.5 Å². The Labute approximate surface area is 125 Å². The molecule has 0 atom stereocenters. The van der Waals surface area contributed by atoms with Crippen LogP contribution in [-0.4, -0.2) is 27.4 Å². The molecular weight excluding hydrogens is 266 g/mol. The van der Waals surface area contributed by atoms with Crippen LogP contribution >= 0.6 is 0 Å². The zero-order valence-electron chi connectivity index (χ0n) is 12.6. The van der Waals surface area contributed by atoms with Gasteiger partial charge in [-0.3, -0.25) is 0 Å². The van der Waals surface area contributed by atoms with Gasteiger partial charge in [0.15, 0.2) is 11.5 Å². The van der Waals surface area contributed by atoms with Crippen LogP contribution in [-0.2, 0) is 10.2 Å². The number of rotatable bonds is 3. The molecule has 0 radical (unpaired) electrons. The van der Waals surface area contributed by atoms with Crippen molar-refractivity contribution >= 4 is 0 Å². The van der Waals surface area contributed by atoms with E-state index in [1.54, 1.807) is 14.2 Å². The summed E-state index contributed by atoms with van der Waals surface area (Å²) in [5.41, 5.74) is 0.970. The second-order valence-corrected chi connectivity index (χ2v) is 6.23. The van der Waals surface area contributed by atoms with E-state index in [4.69, 9.17) is 14.2 Å². The van der Waals surface area contributed by atoms with Gasteiger partial charge >= 0.3 is 0 Å². The molecule has 4 heteroatoms. The molecule has 1 aliphatic heterocycles. The Morgan fingerprint density at radius 1 is 1.10 bits per heavy atom. The lowest BCUT2D eigenvalue weighted by molar-refractivity contribution is -0.0578. The fraction of sp³-hybridized carbons (Fsp3) is 0.588. The number of methoxy groups -OCH3 is 2. The van der Waals surface area contributed by atoms with Gasteiger partial charge in [-0.15, -0.1) is 0 Å². The van der Waals surface area contributed by atoms with E-state index in [-0.39, 0.29) is 5.41 Å². The number of nitrogens with zero attached hydrogens (tertiary/aromatic N) is 1. The SMILES string of the molecule is COc1ccc(C2(C#N)CC3(CCOCC3)C2)cc1OC. The van der Waals surface area contributed by atoms with Gasteiger partial charge < -0.3 is 14.2 Å². The summed E-state index contributed by atoms with van der Waals surface area (Å²) < 4.78 is 16.1. The van der Waals surface area contributed by atoms with Crippen molar-refractivity contribution in [2.24, 2.45) is 5.41 Å². The van der Waals surface area contributed by atoms with Gasteiger partial charge in [0.25, 0.3) is 0 Å². The van der Waals surface area contributed by atoms with Gasteiger partial charge in [-0.05, 0) is 48.8 Å². The van der Waals surface area contributed by atoms with Crippen LogP contribution in [0.2, 0.25) is 0 Å².